The zero-order chi connectivity index (χ0) is 17.6. The average Bonchev–Trinajstić information content (AvgIpc) is 3.01. The number of amides is 1. The van der Waals surface area contributed by atoms with E-state index in [-0.39, 0.29) is 24.0 Å². The highest BCUT2D eigenvalue weighted by molar-refractivity contribution is 7.88. The number of hydrogen-bond donors (Lipinski definition) is 2. The summed E-state index contributed by atoms with van der Waals surface area (Å²) in [6, 6.07) is 4.29. The molecule has 8 nitrogen and oxygen atoms in total. The molecule has 1 saturated carbocycles. The lowest BCUT2D eigenvalue weighted by molar-refractivity contribution is -0.0194. The van der Waals surface area contributed by atoms with Gasteiger partial charge in [0.05, 0.1) is 24.4 Å². The molecule has 9 heteroatoms. The Hall–Kier alpha value is -1.84. The van der Waals surface area contributed by atoms with E-state index in [4.69, 9.17) is 14.2 Å². The van der Waals surface area contributed by atoms with Gasteiger partial charge in [0.15, 0.2) is 11.5 Å². The SMILES string of the molecule is CS(=O)(=O)N[C@@H]1[C@@H](NC(=O)c2ccc3c(c2)OCCO3)[C@H]2CCO[C@H]21. The molecular weight excluding hydrogens is 348 g/mol. The third kappa shape index (κ3) is 3.19. The number of carbonyl (C=O) groups is 1. The van der Waals surface area contributed by atoms with Crippen molar-refractivity contribution < 1.29 is 27.4 Å². The van der Waals surface area contributed by atoms with Crippen molar-refractivity contribution in [2.45, 2.75) is 24.6 Å². The minimum absolute atomic E-state index is 0.125. The zero-order valence-corrected chi connectivity index (χ0v) is 14.5. The van der Waals surface area contributed by atoms with Crippen molar-refractivity contribution in [2.75, 3.05) is 26.1 Å². The molecular formula is C16H20N2O6S. The quantitative estimate of drug-likeness (QED) is 0.769. The van der Waals surface area contributed by atoms with Gasteiger partial charge in [-0.15, -0.1) is 0 Å². The van der Waals surface area contributed by atoms with E-state index in [9.17, 15) is 13.2 Å². The highest BCUT2D eigenvalue weighted by Crippen LogP contribution is 2.39. The van der Waals surface area contributed by atoms with Crippen LogP contribution in [-0.4, -0.2) is 58.6 Å². The molecule has 0 aromatic heterocycles. The summed E-state index contributed by atoms with van der Waals surface area (Å²) < 4.78 is 42.3. The Morgan fingerprint density at radius 3 is 2.64 bits per heavy atom. The molecule has 0 bridgehead atoms. The van der Waals surface area contributed by atoms with E-state index < -0.39 is 16.1 Å². The van der Waals surface area contributed by atoms with E-state index in [1.807, 2.05) is 0 Å². The molecule has 2 heterocycles. The Balaban J connectivity index is 1.49. The molecule has 1 amide bonds. The van der Waals surface area contributed by atoms with Crippen LogP contribution in [0.3, 0.4) is 0 Å². The van der Waals surface area contributed by atoms with Crippen LogP contribution in [0.1, 0.15) is 16.8 Å². The zero-order valence-electron chi connectivity index (χ0n) is 13.7. The second-order valence-electron chi connectivity index (χ2n) is 6.56. The minimum atomic E-state index is -3.39. The van der Waals surface area contributed by atoms with Crippen molar-refractivity contribution in [1.29, 1.82) is 0 Å². The van der Waals surface area contributed by atoms with Crippen molar-refractivity contribution in [3.8, 4) is 11.5 Å². The lowest BCUT2D eigenvalue weighted by Crippen LogP contribution is -2.70. The number of sulfonamides is 1. The van der Waals surface area contributed by atoms with Crippen LogP contribution < -0.4 is 19.5 Å². The summed E-state index contributed by atoms with van der Waals surface area (Å²) in [5.74, 6) is 1.01. The van der Waals surface area contributed by atoms with Gasteiger partial charge in [-0.3, -0.25) is 4.79 Å². The summed E-state index contributed by atoms with van der Waals surface area (Å²) in [5.41, 5.74) is 0.449. The highest BCUT2D eigenvalue weighted by atomic mass is 32.2. The van der Waals surface area contributed by atoms with Crippen LogP contribution in [0.4, 0.5) is 0 Å². The highest BCUT2D eigenvalue weighted by Gasteiger charge is 2.55. The maximum absolute atomic E-state index is 12.6. The predicted molar refractivity (Wildman–Crippen MR) is 88.3 cm³/mol. The number of rotatable bonds is 4. The molecule has 136 valence electrons. The Morgan fingerprint density at radius 2 is 1.88 bits per heavy atom. The second kappa shape index (κ2) is 6.15. The Labute approximate surface area is 145 Å². The molecule has 1 aromatic rings. The topological polar surface area (TPSA) is 103 Å². The van der Waals surface area contributed by atoms with Crippen LogP contribution in [0.15, 0.2) is 18.2 Å². The first-order valence-corrected chi connectivity index (χ1v) is 10.1. The molecule has 1 saturated heterocycles. The summed E-state index contributed by atoms with van der Waals surface area (Å²) in [7, 11) is -3.39. The standard InChI is InChI=1S/C16H20N2O6S/c1-25(20,21)18-14-13(10-4-5-24-15(10)14)17-16(19)9-2-3-11-12(8-9)23-7-6-22-11/h2-3,8,10,13-15,18H,4-7H2,1H3,(H,17,19)/t10-,13+,14-,15-/m1/s1. The van der Waals surface area contributed by atoms with Gasteiger partial charge < -0.3 is 19.5 Å². The van der Waals surface area contributed by atoms with Crippen molar-refractivity contribution in [3.05, 3.63) is 23.8 Å². The van der Waals surface area contributed by atoms with Crippen LogP contribution in [0.5, 0.6) is 11.5 Å². The number of carbonyl (C=O) groups excluding carboxylic acids is 1. The molecule has 1 aromatic carbocycles. The van der Waals surface area contributed by atoms with Gasteiger partial charge in [-0.1, -0.05) is 0 Å². The molecule has 2 N–H and O–H groups in total. The van der Waals surface area contributed by atoms with Gasteiger partial charge in [0, 0.05) is 18.1 Å². The van der Waals surface area contributed by atoms with Gasteiger partial charge in [0.2, 0.25) is 10.0 Å². The fraction of sp³-hybridized carbons (Fsp3) is 0.562. The number of hydrogen-bond acceptors (Lipinski definition) is 6. The van der Waals surface area contributed by atoms with E-state index in [0.717, 1.165) is 12.7 Å². The molecule has 0 unspecified atom stereocenters. The number of nitrogens with one attached hydrogen (secondary N) is 2. The van der Waals surface area contributed by atoms with Crippen molar-refractivity contribution in [2.24, 2.45) is 5.92 Å². The van der Waals surface area contributed by atoms with E-state index in [1.165, 1.54) is 0 Å². The molecule has 0 radical (unpaired) electrons. The fourth-order valence-corrected chi connectivity index (χ4v) is 4.49. The molecule has 3 aliphatic rings. The van der Waals surface area contributed by atoms with E-state index in [0.29, 0.717) is 36.9 Å². The van der Waals surface area contributed by atoms with Gasteiger partial charge in [0.1, 0.15) is 13.2 Å². The molecule has 1 aliphatic carbocycles. The Bertz CT molecular complexity index is 796. The van der Waals surface area contributed by atoms with E-state index >= 15 is 0 Å². The fourth-order valence-electron chi connectivity index (χ4n) is 3.71. The Kier molecular flexibility index (Phi) is 4.09. The summed E-state index contributed by atoms with van der Waals surface area (Å²) in [4.78, 5) is 12.6. The minimum Gasteiger partial charge on any atom is -0.486 e. The average molecular weight is 368 g/mol. The first-order chi connectivity index (χ1) is 11.9. The molecule has 2 aliphatic heterocycles. The lowest BCUT2D eigenvalue weighted by Gasteiger charge is -2.47. The summed E-state index contributed by atoms with van der Waals surface area (Å²) >= 11 is 0. The van der Waals surface area contributed by atoms with Gasteiger partial charge >= 0.3 is 0 Å². The van der Waals surface area contributed by atoms with Crippen LogP contribution in [0, 0.1) is 5.92 Å². The van der Waals surface area contributed by atoms with Gasteiger partial charge in [-0.25, -0.2) is 13.1 Å². The van der Waals surface area contributed by atoms with Gasteiger partial charge in [-0.05, 0) is 24.6 Å². The van der Waals surface area contributed by atoms with Gasteiger partial charge in [0.25, 0.3) is 5.91 Å². The monoisotopic (exact) mass is 368 g/mol. The molecule has 0 spiro atoms. The third-order valence-corrected chi connectivity index (χ3v) is 5.54. The Morgan fingerprint density at radius 1 is 1.12 bits per heavy atom. The van der Waals surface area contributed by atoms with Crippen molar-refractivity contribution in [3.63, 3.8) is 0 Å². The third-order valence-electron chi connectivity index (χ3n) is 4.84. The molecule has 4 rings (SSSR count). The molecule has 4 atom stereocenters. The van der Waals surface area contributed by atoms with Crippen molar-refractivity contribution >= 4 is 15.9 Å². The maximum atomic E-state index is 12.6. The smallest absolute Gasteiger partial charge is 0.251 e. The van der Waals surface area contributed by atoms with E-state index in [1.54, 1.807) is 18.2 Å². The predicted octanol–water partition coefficient (Wildman–Crippen LogP) is -0.107. The largest absolute Gasteiger partial charge is 0.486 e. The first-order valence-electron chi connectivity index (χ1n) is 8.22. The summed E-state index contributed by atoms with van der Waals surface area (Å²) in [5, 5.41) is 2.94. The van der Waals surface area contributed by atoms with Gasteiger partial charge in [-0.2, -0.15) is 0 Å². The van der Waals surface area contributed by atoms with Crippen LogP contribution in [0.2, 0.25) is 0 Å². The lowest BCUT2D eigenvalue weighted by atomic mass is 9.72. The second-order valence-corrected chi connectivity index (χ2v) is 8.34. The normalized spacial score (nSPS) is 30.3. The number of fused-ring (bicyclic) bond motifs is 2. The summed E-state index contributed by atoms with van der Waals surface area (Å²) in [6.07, 6.45) is 1.73. The first kappa shape index (κ1) is 16.6. The van der Waals surface area contributed by atoms with Crippen molar-refractivity contribution in [1.82, 2.24) is 10.0 Å². The van der Waals surface area contributed by atoms with E-state index in [2.05, 4.69) is 10.0 Å². The van der Waals surface area contributed by atoms with Crippen LogP contribution in [-0.2, 0) is 14.8 Å². The van der Waals surface area contributed by atoms with Crippen LogP contribution >= 0.6 is 0 Å². The number of ether oxygens (including phenoxy) is 3. The molecule has 2 fully saturated rings. The summed E-state index contributed by atoms with van der Waals surface area (Å²) in [6.45, 7) is 1.51. The number of benzene rings is 1. The maximum Gasteiger partial charge on any atom is 0.251 e. The molecule has 25 heavy (non-hydrogen) atoms. The van der Waals surface area contributed by atoms with Crippen LogP contribution in [0.25, 0.3) is 0 Å².